The quantitative estimate of drug-likeness (QED) is 0.894. The third-order valence-corrected chi connectivity index (χ3v) is 4.35. The van der Waals surface area contributed by atoms with E-state index in [0.29, 0.717) is 5.92 Å². The van der Waals surface area contributed by atoms with Crippen molar-refractivity contribution in [1.82, 2.24) is 10.2 Å². The van der Waals surface area contributed by atoms with Crippen LogP contribution in [0.5, 0.6) is 0 Å². The van der Waals surface area contributed by atoms with Gasteiger partial charge in [0.1, 0.15) is 6.17 Å². The van der Waals surface area contributed by atoms with Crippen LogP contribution in [-0.2, 0) is 4.79 Å². The SMILES string of the molecule is CCC(C)CN1C(=O)C(CC)NC1c1ccccc1C. The van der Waals surface area contributed by atoms with E-state index in [1.54, 1.807) is 0 Å². The second-order valence-electron chi connectivity index (χ2n) is 5.89. The predicted molar refractivity (Wildman–Crippen MR) is 82.3 cm³/mol. The molecule has 0 aromatic heterocycles. The molecule has 3 atom stereocenters. The fourth-order valence-corrected chi connectivity index (χ4v) is 2.78. The Morgan fingerprint density at radius 3 is 2.60 bits per heavy atom. The maximum absolute atomic E-state index is 12.5. The van der Waals surface area contributed by atoms with Crippen molar-refractivity contribution in [1.29, 1.82) is 0 Å². The van der Waals surface area contributed by atoms with E-state index >= 15 is 0 Å². The second-order valence-corrected chi connectivity index (χ2v) is 5.89. The number of benzene rings is 1. The van der Waals surface area contributed by atoms with Gasteiger partial charge in [0.25, 0.3) is 0 Å². The average molecular weight is 274 g/mol. The molecule has 0 radical (unpaired) electrons. The summed E-state index contributed by atoms with van der Waals surface area (Å²) in [7, 11) is 0. The van der Waals surface area contributed by atoms with Gasteiger partial charge >= 0.3 is 0 Å². The van der Waals surface area contributed by atoms with Crippen LogP contribution in [-0.4, -0.2) is 23.4 Å². The van der Waals surface area contributed by atoms with Crippen LogP contribution in [0.3, 0.4) is 0 Å². The van der Waals surface area contributed by atoms with Crippen molar-refractivity contribution < 1.29 is 4.79 Å². The molecule has 1 aliphatic heterocycles. The molecule has 3 nitrogen and oxygen atoms in total. The molecule has 0 bridgehead atoms. The fourth-order valence-electron chi connectivity index (χ4n) is 2.78. The molecule has 0 saturated carbocycles. The van der Waals surface area contributed by atoms with Crippen molar-refractivity contribution >= 4 is 5.91 Å². The number of carbonyl (C=O) groups excluding carboxylic acids is 1. The van der Waals surface area contributed by atoms with E-state index in [1.807, 2.05) is 11.0 Å². The van der Waals surface area contributed by atoms with Crippen molar-refractivity contribution in [3.8, 4) is 0 Å². The minimum absolute atomic E-state index is 0.0302. The van der Waals surface area contributed by atoms with Gasteiger partial charge in [-0.25, -0.2) is 0 Å². The molecule has 110 valence electrons. The first-order chi connectivity index (χ1) is 9.58. The number of carbonyl (C=O) groups is 1. The maximum Gasteiger partial charge on any atom is 0.241 e. The molecule has 1 aliphatic rings. The Bertz CT molecular complexity index is 472. The first-order valence-corrected chi connectivity index (χ1v) is 7.70. The van der Waals surface area contributed by atoms with Crippen molar-refractivity contribution in [2.75, 3.05) is 6.54 Å². The lowest BCUT2D eigenvalue weighted by Gasteiger charge is -2.28. The number of hydrogen-bond donors (Lipinski definition) is 1. The van der Waals surface area contributed by atoms with E-state index in [0.717, 1.165) is 19.4 Å². The molecule has 1 aromatic carbocycles. The van der Waals surface area contributed by atoms with Crippen LogP contribution >= 0.6 is 0 Å². The first-order valence-electron chi connectivity index (χ1n) is 7.70. The summed E-state index contributed by atoms with van der Waals surface area (Å²) in [5.74, 6) is 0.781. The van der Waals surface area contributed by atoms with Gasteiger partial charge in [0.15, 0.2) is 0 Å². The summed E-state index contributed by atoms with van der Waals surface area (Å²) in [6.07, 6.45) is 1.97. The Morgan fingerprint density at radius 2 is 2.00 bits per heavy atom. The van der Waals surface area contributed by atoms with E-state index in [4.69, 9.17) is 0 Å². The minimum Gasteiger partial charge on any atom is -0.321 e. The fraction of sp³-hybridized carbons (Fsp3) is 0.588. The monoisotopic (exact) mass is 274 g/mol. The lowest BCUT2D eigenvalue weighted by Crippen LogP contribution is -2.34. The van der Waals surface area contributed by atoms with E-state index in [1.165, 1.54) is 11.1 Å². The molecule has 2 rings (SSSR count). The number of nitrogens with zero attached hydrogens (tertiary/aromatic N) is 1. The maximum atomic E-state index is 12.5. The summed E-state index contributed by atoms with van der Waals surface area (Å²) in [6.45, 7) is 9.40. The van der Waals surface area contributed by atoms with Crippen molar-refractivity contribution in [3.63, 3.8) is 0 Å². The molecule has 1 amide bonds. The number of hydrogen-bond acceptors (Lipinski definition) is 2. The minimum atomic E-state index is -0.0383. The molecule has 1 N–H and O–H groups in total. The molecule has 0 spiro atoms. The van der Waals surface area contributed by atoms with Crippen LogP contribution in [0.1, 0.15) is 50.9 Å². The summed E-state index contributed by atoms with van der Waals surface area (Å²) < 4.78 is 0. The lowest BCUT2D eigenvalue weighted by molar-refractivity contribution is -0.130. The molecule has 20 heavy (non-hydrogen) atoms. The smallest absolute Gasteiger partial charge is 0.241 e. The highest BCUT2D eigenvalue weighted by Gasteiger charge is 2.39. The largest absolute Gasteiger partial charge is 0.321 e. The van der Waals surface area contributed by atoms with Gasteiger partial charge in [0, 0.05) is 6.54 Å². The Kier molecular flexibility index (Phi) is 4.81. The van der Waals surface area contributed by atoms with Gasteiger partial charge in [-0.1, -0.05) is 51.5 Å². The molecule has 0 aliphatic carbocycles. The van der Waals surface area contributed by atoms with Gasteiger partial charge in [0.2, 0.25) is 5.91 Å². The van der Waals surface area contributed by atoms with Gasteiger partial charge in [-0.15, -0.1) is 0 Å². The van der Waals surface area contributed by atoms with Gasteiger partial charge in [-0.05, 0) is 30.4 Å². The Balaban J connectivity index is 2.29. The topological polar surface area (TPSA) is 32.3 Å². The van der Waals surface area contributed by atoms with E-state index < -0.39 is 0 Å². The number of nitrogens with one attached hydrogen (secondary N) is 1. The van der Waals surface area contributed by atoms with Crippen molar-refractivity contribution in [3.05, 3.63) is 35.4 Å². The van der Waals surface area contributed by atoms with Gasteiger partial charge in [0.05, 0.1) is 6.04 Å². The Hall–Kier alpha value is -1.35. The standard InChI is InChI=1S/C17H26N2O/c1-5-12(3)11-19-16(18-15(6-2)17(19)20)14-10-8-7-9-13(14)4/h7-10,12,15-16,18H,5-6,11H2,1-4H3. The molecular formula is C17H26N2O. The zero-order valence-corrected chi connectivity index (χ0v) is 13.0. The van der Waals surface area contributed by atoms with Crippen LogP contribution in [0, 0.1) is 12.8 Å². The normalized spacial score (nSPS) is 24.2. The molecule has 1 saturated heterocycles. The highest BCUT2D eigenvalue weighted by Crippen LogP contribution is 2.29. The zero-order chi connectivity index (χ0) is 14.7. The molecule has 1 fully saturated rings. The molecular weight excluding hydrogens is 248 g/mol. The third-order valence-electron chi connectivity index (χ3n) is 4.35. The first kappa shape index (κ1) is 15.0. The summed E-state index contributed by atoms with van der Waals surface area (Å²) in [4.78, 5) is 14.6. The van der Waals surface area contributed by atoms with E-state index in [2.05, 4.69) is 51.2 Å². The predicted octanol–water partition coefficient (Wildman–Crippen LogP) is 3.25. The van der Waals surface area contributed by atoms with Crippen LogP contribution < -0.4 is 5.32 Å². The molecule has 1 aromatic rings. The zero-order valence-electron chi connectivity index (χ0n) is 13.0. The number of rotatable bonds is 5. The van der Waals surface area contributed by atoms with E-state index in [9.17, 15) is 4.79 Å². The van der Waals surface area contributed by atoms with Crippen LogP contribution in [0.25, 0.3) is 0 Å². The van der Waals surface area contributed by atoms with Crippen LogP contribution in [0.2, 0.25) is 0 Å². The molecule has 1 heterocycles. The highest BCUT2D eigenvalue weighted by molar-refractivity contribution is 5.84. The summed E-state index contributed by atoms with van der Waals surface area (Å²) >= 11 is 0. The molecule has 3 unspecified atom stereocenters. The van der Waals surface area contributed by atoms with Crippen LogP contribution in [0.15, 0.2) is 24.3 Å². The highest BCUT2D eigenvalue weighted by atomic mass is 16.2. The van der Waals surface area contributed by atoms with Gasteiger partial charge < -0.3 is 4.90 Å². The third kappa shape index (κ3) is 2.88. The average Bonchev–Trinajstić information content (AvgIpc) is 2.76. The second kappa shape index (κ2) is 6.40. The van der Waals surface area contributed by atoms with E-state index in [-0.39, 0.29) is 18.1 Å². The van der Waals surface area contributed by atoms with Gasteiger partial charge in [-0.2, -0.15) is 0 Å². The van der Waals surface area contributed by atoms with Crippen molar-refractivity contribution in [2.45, 2.75) is 52.7 Å². The van der Waals surface area contributed by atoms with Crippen LogP contribution in [0.4, 0.5) is 0 Å². The lowest BCUT2D eigenvalue weighted by atomic mass is 10.0. The Labute approximate surface area is 122 Å². The van der Waals surface area contributed by atoms with Gasteiger partial charge in [-0.3, -0.25) is 10.1 Å². The number of amides is 1. The summed E-state index contributed by atoms with van der Waals surface area (Å²) in [6, 6.07) is 8.30. The summed E-state index contributed by atoms with van der Waals surface area (Å²) in [5.41, 5.74) is 2.46. The van der Waals surface area contributed by atoms with Crippen molar-refractivity contribution in [2.24, 2.45) is 5.92 Å². The molecule has 3 heteroatoms. The summed E-state index contributed by atoms with van der Waals surface area (Å²) in [5, 5.41) is 3.50. The Morgan fingerprint density at radius 1 is 1.30 bits per heavy atom. The number of aryl methyl sites for hydroxylation is 1.